The molecule has 0 amide bonds. The molecule has 0 aromatic carbocycles. The first-order valence-corrected chi connectivity index (χ1v) is 4.81. The Bertz CT molecular complexity index is 157. The molecule has 0 saturated carbocycles. The van der Waals surface area contributed by atoms with E-state index in [1.165, 1.54) is 0 Å². The van der Waals surface area contributed by atoms with Crippen LogP contribution in [0.4, 0.5) is 0 Å². The normalized spacial score (nSPS) is 25.5. The van der Waals surface area contributed by atoms with Gasteiger partial charge in [-0.1, -0.05) is 12.2 Å². The van der Waals surface area contributed by atoms with Crippen LogP contribution >= 0.6 is 0 Å². The molecule has 0 aromatic rings. The minimum absolute atomic E-state index is 0.254. The highest BCUT2D eigenvalue weighted by molar-refractivity contribution is 4.83. The van der Waals surface area contributed by atoms with Crippen LogP contribution in [-0.2, 0) is 9.47 Å². The molecule has 0 aliphatic carbocycles. The van der Waals surface area contributed by atoms with Crippen molar-refractivity contribution < 1.29 is 9.47 Å². The number of morpholine rings is 1. The number of methoxy groups -OCH3 is 1. The van der Waals surface area contributed by atoms with Crippen LogP contribution in [0.15, 0.2) is 12.2 Å². The molecule has 0 N–H and O–H groups in total. The number of hydrogen-bond donors (Lipinski definition) is 0. The summed E-state index contributed by atoms with van der Waals surface area (Å²) >= 11 is 0. The zero-order valence-corrected chi connectivity index (χ0v) is 8.53. The maximum Gasteiger partial charge on any atom is 0.0935 e. The highest BCUT2D eigenvalue weighted by Crippen LogP contribution is 2.04. The van der Waals surface area contributed by atoms with Gasteiger partial charge < -0.3 is 9.47 Å². The molecule has 0 bridgehead atoms. The van der Waals surface area contributed by atoms with Crippen LogP contribution in [0.3, 0.4) is 0 Å². The molecule has 1 heterocycles. The molecule has 1 aliphatic heterocycles. The van der Waals surface area contributed by atoms with Crippen molar-refractivity contribution in [3.05, 3.63) is 12.2 Å². The standard InChI is InChI=1S/C10H19NO2/c1-3-4-5-11-6-7-13-10(8-11)9-12-2/h3-4,10H,5-9H2,1-2H3/b4-3+. The molecule has 1 rings (SSSR count). The third kappa shape index (κ3) is 3.89. The van der Waals surface area contributed by atoms with Crippen molar-refractivity contribution in [1.82, 2.24) is 4.90 Å². The average Bonchev–Trinajstić information content (AvgIpc) is 2.16. The predicted molar refractivity (Wildman–Crippen MR) is 52.9 cm³/mol. The van der Waals surface area contributed by atoms with Gasteiger partial charge in [-0.15, -0.1) is 0 Å². The molecule has 1 atom stereocenters. The fraction of sp³-hybridized carbons (Fsp3) is 0.800. The maximum absolute atomic E-state index is 5.54. The molecule has 0 spiro atoms. The fourth-order valence-corrected chi connectivity index (χ4v) is 1.49. The van der Waals surface area contributed by atoms with Gasteiger partial charge in [0.05, 0.1) is 19.3 Å². The summed E-state index contributed by atoms with van der Waals surface area (Å²) in [7, 11) is 1.72. The van der Waals surface area contributed by atoms with Gasteiger partial charge in [0, 0.05) is 26.7 Å². The Labute approximate surface area is 80.3 Å². The third-order valence-corrected chi connectivity index (χ3v) is 2.17. The first-order chi connectivity index (χ1) is 6.36. The van der Waals surface area contributed by atoms with Crippen LogP contribution in [0, 0.1) is 0 Å². The van der Waals surface area contributed by atoms with E-state index in [0.717, 1.165) is 26.2 Å². The Balaban J connectivity index is 2.24. The number of ether oxygens (including phenoxy) is 2. The molecule has 1 unspecified atom stereocenters. The van der Waals surface area contributed by atoms with E-state index >= 15 is 0 Å². The van der Waals surface area contributed by atoms with E-state index in [4.69, 9.17) is 9.47 Å². The zero-order valence-electron chi connectivity index (χ0n) is 8.53. The van der Waals surface area contributed by atoms with Gasteiger partial charge in [-0.2, -0.15) is 0 Å². The topological polar surface area (TPSA) is 21.7 Å². The smallest absolute Gasteiger partial charge is 0.0935 e. The van der Waals surface area contributed by atoms with E-state index in [9.17, 15) is 0 Å². The van der Waals surface area contributed by atoms with Crippen LogP contribution in [0.5, 0.6) is 0 Å². The summed E-state index contributed by atoms with van der Waals surface area (Å²) in [6.45, 7) is 6.62. The van der Waals surface area contributed by atoms with Crippen LogP contribution in [0.25, 0.3) is 0 Å². The fourth-order valence-electron chi connectivity index (χ4n) is 1.49. The van der Waals surface area contributed by atoms with Crippen LogP contribution < -0.4 is 0 Å². The van der Waals surface area contributed by atoms with Gasteiger partial charge >= 0.3 is 0 Å². The molecule has 1 aliphatic rings. The van der Waals surface area contributed by atoms with Crippen molar-refractivity contribution in [3.8, 4) is 0 Å². The Morgan fingerprint density at radius 1 is 1.62 bits per heavy atom. The van der Waals surface area contributed by atoms with E-state index in [2.05, 4.69) is 17.1 Å². The van der Waals surface area contributed by atoms with Crippen molar-refractivity contribution in [1.29, 1.82) is 0 Å². The van der Waals surface area contributed by atoms with E-state index in [1.54, 1.807) is 7.11 Å². The number of allylic oxidation sites excluding steroid dienone is 1. The predicted octanol–water partition coefficient (Wildman–Crippen LogP) is 0.910. The highest BCUT2D eigenvalue weighted by atomic mass is 16.5. The molecule has 13 heavy (non-hydrogen) atoms. The molecule has 1 saturated heterocycles. The summed E-state index contributed by atoms with van der Waals surface area (Å²) < 4.78 is 10.6. The van der Waals surface area contributed by atoms with Crippen LogP contribution in [0.1, 0.15) is 6.92 Å². The van der Waals surface area contributed by atoms with Crippen molar-refractivity contribution in [2.75, 3.05) is 40.0 Å². The third-order valence-electron chi connectivity index (χ3n) is 2.17. The monoisotopic (exact) mass is 185 g/mol. The summed E-state index contributed by atoms with van der Waals surface area (Å²) in [5.74, 6) is 0. The quantitative estimate of drug-likeness (QED) is 0.608. The largest absolute Gasteiger partial charge is 0.382 e. The molecule has 3 nitrogen and oxygen atoms in total. The minimum Gasteiger partial charge on any atom is -0.382 e. The first-order valence-electron chi connectivity index (χ1n) is 4.81. The van der Waals surface area contributed by atoms with Crippen molar-refractivity contribution in [2.45, 2.75) is 13.0 Å². The number of rotatable bonds is 4. The van der Waals surface area contributed by atoms with Gasteiger partial charge in [-0.25, -0.2) is 0 Å². The molecular weight excluding hydrogens is 166 g/mol. The second-order valence-electron chi connectivity index (χ2n) is 3.28. The van der Waals surface area contributed by atoms with Crippen molar-refractivity contribution in [2.24, 2.45) is 0 Å². The molecule has 76 valence electrons. The maximum atomic E-state index is 5.54. The van der Waals surface area contributed by atoms with Gasteiger partial charge in [0.15, 0.2) is 0 Å². The lowest BCUT2D eigenvalue weighted by Gasteiger charge is -2.31. The van der Waals surface area contributed by atoms with Gasteiger partial charge in [0.1, 0.15) is 0 Å². The Kier molecular flexibility index (Phi) is 5.05. The summed E-state index contributed by atoms with van der Waals surface area (Å²) in [5.41, 5.74) is 0. The SMILES string of the molecule is C/C=C/CN1CCOC(COC)C1. The van der Waals surface area contributed by atoms with E-state index in [1.807, 2.05) is 6.92 Å². The van der Waals surface area contributed by atoms with Crippen molar-refractivity contribution in [3.63, 3.8) is 0 Å². The lowest BCUT2D eigenvalue weighted by Crippen LogP contribution is -2.44. The summed E-state index contributed by atoms with van der Waals surface area (Å²) in [5, 5.41) is 0. The molecule has 1 fully saturated rings. The molecule has 0 radical (unpaired) electrons. The molecule has 0 aromatic heterocycles. The molecule has 3 heteroatoms. The Morgan fingerprint density at radius 2 is 2.46 bits per heavy atom. The number of hydrogen-bond acceptors (Lipinski definition) is 3. The van der Waals surface area contributed by atoms with E-state index in [-0.39, 0.29) is 6.10 Å². The van der Waals surface area contributed by atoms with Crippen LogP contribution in [0.2, 0.25) is 0 Å². The molecular formula is C10H19NO2. The Hall–Kier alpha value is -0.380. The van der Waals surface area contributed by atoms with Crippen LogP contribution in [-0.4, -0.2) is 51.0 Å². The van der Waals surface area contributed by atoms with E-state index in [0.29, 0.717) is 6.61 Å². The summed E-state index contributed by atoms with van der Waals surface area (Å²) in [6, 6.07) is 0. The summed E-state index contributed by atoms with van der Waals surface area (Å²) in [4.78, 5) is 2.38. The number of nitrogens with zero attached hydrogens (tertiary/aromatic N) is 1. The highest BCUT2D eigenvalue weighted by Gasteiger charge is 2.18. The van der Waals surface area contributed by atoms with Gasteiger partial charge in [-0.05, 0) is 6.92 Å². The Morgan fingerprint density at radius 3 is 3.15 bits per heavy atom. The average molecular weight is 185 g/mol. The zero-order chi connectivity index (χ0) is 9.52. The second kappa shape index (κ2) is 6.13. The second-order valence-corrected chi connectivity index (χ2v) is 3.28. The summed E-state index contributed by atoms with van der Waals surface area (Å²) in [6.07, 6.45) is 4.51. The first kappa shape index (κ1) is 10.7. The van der Waals surface area contributed by atoms with E-state index < -0.39 is 0 Å². The van der Waals surface area contributed by atoms with Crippen molar-refractivity contribution >= 4 is 0 Å². The van der Waals surface area contributed by atoms with Gasteiger partial charge in [0.2, 0.25) is 0 Å². The minimum atomic E-state index is 0.254. The lowest BCUT2D eigenvalue weighted by atomic mass is 10.3. The van der Waals surface area contributed by atoms with Gasteiger partial charge in [0.25, 0.3) is 0 Å². The lowest BCUT2D eigenvalue weighted by molar-refractivity contribution is -0.0580. The van der Waals surface area contributed by atoms with Gasteiger partial charge in [-0.3, -0.25) is 4.90 Å².